The predicted molar refractivity (Wildman–Crippen MR) is 184 cm³/mol. The smallest absolute Gasteiger partial charge is 0.253 e. The van der Waals surface area contributed by atoms with Gasteiger partial charge in [0.25, 0.3) is 11.8 Å². The number of carbonyl (C=O) groups is 2. The fourth-order valence-electron chi connectivity index (χ4n) is 5.40. The number of amides is 2. The molecule has 0 saturated heterocycles. The second kappa shape index (κ2) is 14.4. The molecule has 5 aromatic rings. The zero-order chi connectivity index (χ0) is 33.8. The lowest BCUT2D eigenvalue weighted by Crippen LogP contribution is -2.28. The standard InChI is InChI=1S/C35H33FN6O4S2/c1-21-7-5-8-29(22(21)2)41-32(19-37-34(44)24-15-26(45-3)17-27(16-24)46-4)38-39-35(41)48-20-33(43)42-30(23-10-12-25(36)13-11-23)18-28(40-42)31-9-6-14-47-31/h5-17,30H,18-20H2,1-4H3,(H,37,44). The molecule has 0 fully saturated rings. The average molecular weight is 685 g/mol. The normalized spacial score (nSPS) is 14.1. The maximum atomic E-state index is 13.8. The van der Waals surface area contributed by atoms with E-state index >= 15 is 0 Å². The first-order valence-electron chi connectivity index (χ1n) is 15.1. The number of aryl methyl sites for hydroxylation is 1. The number of benzene rings is 3. The molecule has 0 bridgehead atoms. The van der Waals surface area contributed by atoms with Crippen LogP contribution < -0.4 is 14.8 Å². The van der Waals surface area contributed by atoms with Crippen LogP contribution in [0.3, 0.4) is 0 Å². The quantitative estimate of drug-likeness (QED) is 0.158. The number of aromatic nitrogens is 3. The Balaban J connectivity index is 1.26. The molecule has 1 N–H and O–H groups in total. The minimum Gasteiger partial charge on any atom is -0.497 e. The number of nitrogens with zero attached hydrogens (tertiary/aromatic N) is 5. The second-order valence-electron chi connectivity index (χ2n) is 11.1. The largest absolute Gasteiger partial charge is 0.497 e. The summed E-state index contributed by atoms with van der Waals surface area (Å²) in [5, 5.41) is 20.5. The molecule has 13 heteroatoms. The molecule has 3 aromatic carbocycles. The zero-order valence-corrected chi connectivity index (χ0v) is 28.4. The first kappa shape index (κ1) is 32.9. The summed E-state index contributed by atoms with van der Waals surface area (Å²) in [5.74, 6) is 0.597. The van der Waals surface area contributed by atoms with Gasteiger partial charge in [0.15, 0.2) is 11.0 Å². The maximum absolute atomic E-state index is 13.8. The highest BCUT2D eigenvalue weighted by Gasteiger charge is 2.34. The lowest BCUT2D eigenvalue weighted by molar-refractivity contribution is -0.130. The third-order valence-electron chi connectivity index (χ3n) is 8.09. The van der Waals surface area contributed by atoms with Crippen LogP contribution in [-0.2, 0) is 11.3 Å². The molecule has 1 unspecified atom stereocenters. The number of rotatable bonds is 11. The molecule has 0 saturated carbocycles. The van der Waals surface area contributed by atoms with E-state index in [1.165, 1.54) is 43.1 Å². The van der Waals surface area contributed by atoms with E-state index in [0.29, 0.717) is 34.5 Å². The molecular weight excluding hydrogens is 652 g/mol. The highest BCUT2D eigenvalue weighted by atomic mass is 32.2. The molecule has 48 heavy (non-hydrogen) atoms. The van der Waals surface area contributed by atoms with Gasteiger partial charge in [-0.1, -0.05) is 42.1 Å². The van der Waals surface area contributed by atoms with Gasteiger partial charge in [0, 0.05) is 18.1 Å². The molecule has 2 aromatic heterocycles. The summed E-state index contributed by atoms with van der Waals surface area (Å²) < 4.78 is 26.3. The SMILES string of the molecule is COc1cc(OC)cc(C(=O)NCc2nnc(SCC(=O)N3N=C(c4cccs4)CC3c3ccc(F)cc3)n2-c2cccc(C)c2C)c1. The number of hydrogen-bond acceptors (Lipinski definition) is 9. The van der Waals surface area contributed by atoms with Crippen LogP contribution in [0.15, 0.2) is 88.4 Å². The minimum absolute atomic E-state index is 0.0257. The van der Waals surface area contributed by atoms with Crippen molar-refractivity contribution < 1.29 is 23.5 Å². The lowest BCUT2D eigenvalue weighted by atomic mass is 10.0. The van der Waals surface area contributed by atoms with Gasteiger partial charge in [-0.25, -0.2) is 9.40 Å². The number of hydrazone groups is 1. The summed E-state index contributed by atoms with van der Waals surface area (Å²) >= 11 is 2.80. The van der Waals surface area contributed by atoms with Gasteiger partial charge < -0.3 is 14.8 Å². The summed E-state index contributed by atoms with van der Waals surface area (Å²) in [6.07, 6.45) is 0.518. The zero-order valence-electron chi connectivity index (χ0n) is 26.8. The van der Waals surface area contributed by atoms with Crippen molar-refractivity contribution in [3.63, 3.8) is 0 Å². The highest BCUT2D eigenvalue weighted by Crippen LogP contribution is 2.35. The number of methoxy groups -OCH3 is 2. The van der Waals surface area contributed by atoms with E-state index in [2.05, 4.69) is 15.5 Å². The molecule has 1 aliphatic rings. The van der Waals surface area contributed by atoms with Gasteiger partial charge in [-0.3, -0.25) is 14.2 Å². The Morgan fingerprint density at radius 3 is 2.44 bits per heavy atom. The highest BCUT2D eigenvalue weighted by molar-refractivity contribution is 7.99. The Hall–Kier alpha value is -5.01. The van der Waals surface area contributed by atoms with Crippen LogP contribution in [0.4, 0.5) is 4.39 Å². The molecule has 0 aliphatic carbocycles. The summed E-state index contributed by atoms with van der Waals surface area (Å²) in [4.78, 5) is 28.0. The number of nitrogens with one attached hydrogen (secondary N) is 1. The third kappa shape index (κ3) is 6.97. The first-order valence-corrected chi connectivity index (χ1v) is 17.0. The van der Waals surface area contributed by atoms with Crippen LogP contribution >= 0.6 is 23.1 Å². The molecule has 0 spiro atoms. The number of thiophene rings is 1. The van der Waals surface area contributed by atoms with Gasteiger partial charge in [0.2, 0.25) is 0 Å². The molecule has 0 radical (unpaired) electrons. The molecule has 3 heterocycles. The van der Waals surface area contributed by atoms with E-state index in [1.54, 1.807) is 41.7 Å². The van der Waals surface area contributed by atoms with E-state index in [-0.39, 0.29) is 36.0 Å². The van der Waals surface area contributed by atoms with Crippen LogP contribution in [0.25, 0.3) is 5.69 Å². The summed E-state index contributed by atoms with van der Waals surface area (Å²) in [5.41, 5.74) is 4.90. The fraction of sp³-hybridized carbons (Fsp3) is 0.229. The second-order valence-corrected chi connectivity index (χ2v) is 12.9. The van der Waals surface area contributed by atoms with Gasteiger partial charge >= 0.3 is 0 Å². The Kier molecular flexibility index (Phi) is 9.88. The topological polar surface area (TPSA) is 111 Å². The number of hydrogen-bond donors (Lipinski definition) is 1. The summed E-state index contributed by atoms with van der Waals surface area (Å²) in [7, 11) is 3.05. The molecule has 1 aliphatic heterocycles. The van der Waals surface area contributed by atoms with Crippen LogP contribution in [0, 0.1) is 19.7 Å². The number of carbonyl (C=O) groups excluding carboxylic acids is 2. The molecule has 10 nitrogen and oxygen atoms in total. The number of ether oxygens (including phenoxy) is 2. The van der Waals surface area contributed by atoms with Crippen molar-refractivity contribution in [2.75, 3.05) is 20.0 Å². The van der Waals surface area contributed by atoms with E-state index < -0.39 is 0 Å². The van der Waals surface area contributed by atoms with Gasteiger partial charge in [-0.05, 0) is 72.3 Å². The molecule has 6 rings (SSSR count). The van der Waals surface area contributed by atoms with E-state index in [4.69, 9.17) is 14.6 Å². The van der Waals surface area contributed by atoms with Crippen molar-refractivity contribution in [2.24, 2.45) is 5.10 Å². The average Bonchev–Trinajstić information content (AvgIpc) is 3.88. The number of halogens is 1. The van der Waals surface area contributed by atoms with Crippen molar-refractivity contribution in [2.45, 2.75) is 38.0 Å². The lowest BCUT2D eigenvalue weighted by Gasteiger charge is -2.22. The molecule has 1 atom stereocenters. The predicted octanol–water partition coefficient (Wildman–Crippen LogP) is 6.50. The Morgan fingerprint density at radius 1 is 1.00 bits per heavy atom. The van der Waals surface area contributed by atoms with Gasteiger partial charge in [0.1, 0.15) is 17.3 Å². The van der Waals surface area contributed by atoms with E-state index in [9.17, 15) is 14.0 Å². The first-order chi connectivity index (χ1) is 23.2. The van der Waals surface area contributed by atoms with Crippen molar-refractivity contribution >= 4 is 40.6 Å². The van der Waals surface area contributed by atoms with Gasteiger partial charge in [-0.15, -0.1) is 21.5 Å². The molecule has 246 valence electrons. The Bertz CT molecular complexity index is 1960. The Labute approximate surface area is 285 Å². The van der Waals surface area contributed by atoms with Crippen LogP contribution in [0.1, 0.15) is 50.2 Å². The monoisotopic (exact) mass is 684 g/mol. The van der Waals surface area contributed by atoms with Crippen LogP contribution in [0.2, 0.25) is 0 Å². The van der Waals surface area contributed by atoms with Crippen LogP contribution in [-0.4, -0.2) is 57.3 Å². The molecule has 2 amide bonds. The van der Waals surface area contributed by atoms with Gasteiger partial charge in [-0.2, -0.15) is 5.10 Å². The number of thioether (sulfide) groups is 1. The van der Waals surface area contributed by atoms with Crippen molar-refractivity contribution in [1.82, 2.24) is 25.1 Å². The van der Waals surface area contributed by atoms with Crippen molar-refractivity contribution in [3.8, 4) is 17.2 Å². The Morgan fingerprint density at radius 2 is 1.75 bits per heavy atom. The van der Waals surface area contributed by atoms with Crippen LogP contribution in [0.5, 0.6) is 11.5 Å². The van der Waals surface area contributed by atoms with Crippen molar-refractivity contribution in [1.29, 1.82) is 0 Å². The minimum atomic E-state index is -0.367. The third-order valence-corrected chi connectivity index (χ3v) is 9.92. The fourth-order valence-corrected chi connectivity index (χ4v) is 6.93. The maximum Gasteiger partial charge on any atom is 0.253 e. The van der Waals surface area contributed by atoms with E-state index in [0.717, 1.165) is 33.0 Å². The summed E-state index contributed by atoms with van der Waals surface area (Å²) in [6, 6.07) is 20.6. The van der Waals surface area contributed by atoms with E-state index in [1.807, 2.05) is 54.1 Å². The van der Waals surface area contributed by atoms with Gasteiger partial charge in [0.05, 0.1) is 48.8 Å². The molecular formula is C35H33FN6O4S2. The van der Waals surface area contributed by atoms with Crippen molar-refractivity contribution in [3.05, 3.63) is 117 Å². The summed E-state index contributed by atoms with van der Waals surface area (Å²) in [6.45, 7) is 4.09.